The van der Waals surface area contributed by atoms with Gasteiger partial charge in [0.15, 0.2) is 0 Å². The fourth-order valence-corrected chi connectivity index (χ4v) is 3.88. The second kappa shape index (κ2) is 8.55. The third-order valence-corrected chi connectivity index (χ3v) is 5.37. The van der Waals surface area contributed by atoms with Crippen LogP contribution < -0.4 is 14.4 Å². The van der Waals surface area contributed by atoms with Crippen molar-refractivity contribution in [2.75, 3.05) is 22.5 Å². The zero-order valence-electron chi connectivity index (χ0n) is 14.8. The number of ether oxygens (including phenoxy) is 1. The molecule has 0 saturated heterocycles. The molecule has 0 heterocycles. The molecular weight excluding hydrogens is 420 g/mol. The highest BCUT2D eigenvalue weighted by Gasteiger charge is 2.29. The summed E-state index contributed by atoms with van der Waals surface area (Å²) in [6, 6.07) is 12.7. The van der Waals surface area contributed by atoms with Gasteiger partial charge < -0.3 is 10.1 Å². The number of hydrogen-bond donors (Lipinski definition) is 1. The Morgan fingerprint density at radius 2 is 1.73 bits per heavy atom. The normalized spacial score (nSPS) is 12.3. The molecule has 1 N–H and O–H groups in total. The summed E-state index contributed by atoms with van der Waals surface area (Å²) in [6.45, 7) is 3.93. The van der Waals surface area contributed by atoms with E-state index in [0.717, 1.165) is 15.0 Å². The van der Waals surface area contributed by atoms with Crippen molar-refractivity contribution in [1.29, 1.82) is 0 Å². The number of nitrogens with one attached hydrogen (secondary N) is 1. The maximum Gasteiger partial charge on any atom is 0.247 e. The number of sulfonamides is 1. The minimum absolute atomic E-state index is 0.398. The molecule has 0 aliphatic carbocycles. The molecule has 26 heavy (non-hydrogen) atoms. The standard InChI is InChI=1S/C18H21BrN2O4S/c1-4-25-17-11-9-16(10-12-17)21(26(3,23)24)13(2)18(22)20-15-7-5-14(19)6-8-15/h5-13H,4H2,1-3H3,(H,20,22)/t13-/m1/s1. The van der Waals surface area contributed by atoms with Crippen molar-refractivity contribution >= 4 is 43.2 Å². The Morgan fingerprint density at radius 1 is 1.15 bits per heavy atom. The van der Waals surface area contributed by atoms with Crippen molar-refractivity contribution in [3.05, 3.63) is 53.0 Å². The summed E-state index contributed by atoms with van der Waals surface area (Å²) < 4.78 is 31.9. The molecule has 0 unspecified atom stereocenters. The Morgan fingerprint density at radius 3 is 2.23 bits per heavy atom. The van der Waals surface area contributed by atoms with E-state index in [2.05, 4.69) is 21.2 Å². The molecule has 0 spiro atoms. The van der Waals surface area contributed by atoms with Gasteiger partial charge in [0.2, 0.25) is 15.9 Å². The van der Waals surface area contributed by atoms with Crippen LogP contribution in [0, 0.1) is 0 Å². The predicted octanol–water partition coefficient (Wildman–Crippen LogP) is 3.64. The topological polar surface area (TPSA) is 75.7 Å². The van der Waals surface area contributed by atoms with Crippen LogP contribution in [0.3, 0.4) is 0 Å². The molecule has 8 heteroatoms. The fraction of sp³-hybridized carbons (Fsp3) is 0.278. The number of anilines is 2. The molecule has 6 nitrogen and oxygen atoms in total. The van der Waals surface area contributed by atoms with Crippen LogP contribution in [0.25, 0.3) is 0 Å². The monoisotopic (exact) mass is 440 g/mol. The van der Waals surface area contributed by atoms with Crippen molar-refractivity contribution in [3.8, 4) is 5.75 Å². The lowest BCUT2D eigenvalue weighted by atomic mass is 10.2. The SMILES string of the molecule is CCOc1ccc(N([C@H](C)C(=O)Nc2ccc(Br)cc2)S(C)(=O)=O)cc1. The molecular formula is C18H21BrN2O4S. The number of carbonyl (C=O) groups excluding carboxylic acids is 1. The summed E-state index contributed by atoms with van der Waals surface area (Å²) in [6.07, 6.45) is 1.08. The molecule has 0 aliphatic heterocycles. The molecule has 0 aliphatic rings. The highest BCUT2D eigenvalue weighted by molar-refractivity contribution is 9.10. The van der Waals surface area contributed by atoms with Gasteiger partial charge in [-0.2, -0.15) is 0 Å². The first kappa shape index (κ1) is 20.3. The Bertz CT molecular complexity index is 852. The largest absolute Gasteiger partial charge is 0.494 e. The van der Waals surface area contributed by atoms with Crippen LogP contribution in [0.2, 0.25) is 0 Å². The minimum atomic E-state index is -3.66. The number of hydrogen-bond acceptors (Lipinski definition) is 4. The average molecular weight is 441 g/mol. The summed E-state index contributed by atoms with van der Waals surface area (Å²) in [5.41, 5.74) is 0.986. The number of amides is 1. The molecule has 0 bridgehead atoms. The maximum atomic E-state index is 12.6. The van der Waals surface area contributed by atoms with Gasteiger partial charge in [-0.1, -0.05) is 15.9 Å². The van der Waals surface area contributed by atoms with Crippen molar-refractivity contribution in [3.63, 3.8) is 0 Å². The fourth-order valence-electron chi connectivity index (χ4n) is 2.44. The van der Waals surface area contributed by atoms with Gasteiger partial charge in [0.25, 0.3) is 0 Å². The van der Waals surface area contributed by atoms with E-state index in [9.17, 15) is 13.2 Å². The van der Waals surface area contributed by atoms with Gasteiger partial charge >= 0.3 is 0 Å². The van der Waals surface area contributed by atoms with Crippen molar-refractivity contribution < 1.29 is 17.9 Å². The van der Waals surface area contributed by atoms with E-state index >= 15 is 0 Å². The Balaban J connectivity index is 2.25. The average Bonchev–Trinajstić information content (AvgIpc) is 2.57. The van der Waals surface area contributed by atoms with Gasteiger partial charge in [0.1, 0.15) is 11.8 Å². The molecule has 0 radical (unpaired) electrons. The van der Waals surface area contributed by atoms with E-state index < -0.39 is 22.0 Å². The van der Waals surface area contributed by atoms with E-state index in [0.29, 0.717) is 23.7 Å². The van der Waals surface area contributed by atoms with Crippen LogP contribution in [0.4, 0.5) is 11.4 Å². The second-order valence-electron chi connectivity index (χ2n) is 5.66. The highest BCUT2D eigenvalue weighted by Crippen LogP contribution is 2.24. The number of halogens is 1. The van der Waals surface area contributed by atoms with Crippen molar-refractivity contribution in [2.24, 2.45) is 0 Å². The third kappa shape index (κ3) is 5.22. The van der Waals surface area contributed by atoms with Gasteiger partial charge in [-0.15, -0.1) is 0 Å². The Hall–Kier alpha value is -2.06. The molecule has 1 amide bonds. The van der Waals surface area contributed by atoms with E-state index in [4.69, 9.17) is 4.74 Å². The molecule has 1 atom stereocenters. The van der Waals surface area contributed by atoms with Crippen LogP contribution in [-0.4, -0.2) is 33.2 Å². The van der Waals surface area contributed by atoms with Gasteiger partial charge in [-0.3, -0.25) is 9.10 Å². The van der Waals surface area contributed by atoms with E-state index in [1.165, 1.54) is 0 Å². The zero-order chi connectivity index (χ0) is 19.3. The summed E-state index contributed by atoms with van der Waals surface area (Å²) in [5.74, 6) is 0.211. The first-order valence-electron chi connectivity index (χ1n) is 8.01. The van der Waals surface area contributed by atoms with Crippen LogP contribution in [0.5, 0.6) is 5.75 Å². The predicted molar refractivity (Wildman–Crippen MR) is 107 cm³/mol. The Kier molecular flexibility index (Phi) is 6.66. The lowest BCUT2D eigenvalue weighted by Gasteiger charge is -2.28. The van der Waals surface area contributed by atoms with Gasteiger partial charge in [-0.25, -0.2) is 8.42 Å². The molecule has 140 valence electrons. The number of carbonyl (C=O) groups is 1. The first-order chi connectivity index (χ1) is 12.2. The summed E-state index contributed by atoms with van der Waals surface area (Å²) in [4.78, 5) is 12.6. The van der Waals surface area contributed by atoms with Gasteiger partial charge in [0.05, 0.1) is 18.6 Å². The summed E-state index contributed by atoms with van der Waals surface area (Å²) >= 11 is 3.33. The molecule has 0 fully saturated rings. The summed E-state index contributed by atoms with van der Waals surface area (Å²) in [7, 11) is -3.66. The molecule has 2 rings (SSSR count). The molecule has 0 saturated carbocycles. The van der Waals surface area contributed by atoms with Crippen molar-refractivity contribution in [2.45, 2.75) is 19.9 Å². The quantitative estimate of drug-likeness (QED) is 0.712. The maximum absolute atomic E-state index is 12.6. The minimum Gasteiger partial charge on any atom is -0.494 e. The second-order valence-corrected chi connectivity index (χ2v) is 8.43. The lowest BCUT2D eigenvalue weighted by molar-refractivity contribution is -0.116. The zero-order valence-corrected chi connectivity index (χ0v) is 17.2. The Labute approximate surface area is 162 Å². The molecule has 2 aromatic rings. The number of nitrogens with zero attached hydrogens (tertiary/aromatic N) is 1. The van der Waals surface area contributed by atoms with E-state index in [1.54, 1.807) is 55.5 Å². The smallest absolute Gasteiger partial charge is 0.247 e. The van der Waals surface area contributed by atoms with Crippen LogP contribution >= 0.6 is 15.9 Å². The van der Waals surface area contributed by atoms with Crippen molar-refractivity contribution in [1.82, 2.24) is 0 Å². The van der Waals surface area contributed by atoms with Crippen LogP contribution in [0.15, 0.2) is 53.0 Å². The van der Waals surface area contributed by atoms with Gasteiger partial charge in [-0.05, 0) is 62.4 Å². The molecule has 0 aromatic heterocycles. The van der Waals surface area contributed by atoms with Crippen LogP contribution in [-0.2, 0) is 14.8 Å². The van der Waals surface area contributed by atoms with Crippen LogP contribution in [0.1, 0.15) is 13.8 Å². The lowest BCUT2D eigenvalue weighted by Crippen LogP contribution is -2.45. The van der Waals surface area contributed by atoms with Gasteiger partial charge in [0, 0.05) is 10.2 Å². The van der Waals surface area contributed by atoms with E-state index in [1.807, 2.05) is 6.92 Å². The van der Waals surface area contributed by atoms with E-state index in [-0.39, 0.29) is 0 Å². The number of rotatable bonds is 7. The third-order valence-electron chi connectivity index (χ3n) is 3.60. The number of benzene rings is 2. The highest BCUT2D eigenvalue weighted by atomic mass is 79.9. The molecule has 2 aromatic carbocycles. The summed E-state index contributed by atoms with van der Waals surface area (Å²) in [5, 5.41) is 2.73. The first-order valence-corrected chi connectivity index (χ1v) is 10.6.